The second-order valence-electron chi connectivity index (χ2n) is 4.75. The van der Waals surface area contributed by atoms with Crippen LogP contribution < -0.4 is 4.90 Å². The normalized spacial score (nSPS) is 24.5. The van der Waals surface area contributed by atoms with Gasteiger partial charge in [-0.25, -0.2) is 8.42 Å². The van der Waals surface area contributed by atoms with Gasteiger partial charge in [-0.05, 0) is 25.2 Å². The molecule has 0 aromatic heterocycles. The highest BCUT2D eigenvalue weighted by Crippen LogP contribution is 2.20. The number of nitrogens with one attached hydrogen (secondary N) is 1. The molecule has 0 bridgehead atoms. The molecule has 0 radical (unpaired) electrons. The Morgan fingerprint density at radius 1 is 1.21 bits per heavy atom. The number of hydrogen-bond donors (Lipinski definition) is 1. The molecular formula is C11H22F3NO3S. The highest BCUT2D eigenvalue weighted by atomic mass is 32.2. The van der Waals surface area contributed by atoms with E-state index < -0.39 is 15.6 Å². The minimum absolute atomic E-state index is 1.05. The van der Waals surface area contributed by atoms with Gasteiger partial charge in [-0.3, -0.25) is 0 Å². The molecule has 0 atom stereocenters. The standard InChI is InChI=1S/C10H21N.CHF3O3S/c1-3-7-11-8-5-10(4-2)6-9-11;2-1(3,4)8(5,6)7/h10H,3-9H2,1-2H3;(H,5,6,7). The lowest BCUT2D eigenvalue weighted by molar-refractivity contribution is -0.906. The van der Waals surface area contributed by atoms with Crippen molar-refractivity contribution < 1.29 is 31.0 Å². The fourth-order valence-corrected chi connectivity index (χ4v) is 2.10. The highest BCUT2D eigenvalue weighted by molar-refractivity contribution is 7.86. The van der Waals surface area contributed by atoms with Crippen LogP contribution in [0.2, 0.25) is 0 Å². The van der Waals surface area contributed by atoms with Crippen molar-refractivity contribution >= 4 is 10.1 Å². The fourth-order valence-electron chi connectivity index (χ4n) is 2.10. The topological polar surface area (TPSA) is 61.6 Å². The van der Waals surface area contributed by atoms with Gasteiger partial charge < -0.3 is 9.45 Å². The van der Waals surface area contributed by atoms with E-state index in [9.17, 15) is 13.2 Å². The molecule has 0 saturated carbocycles. The summed E-state index contributed by atoms with van der Waals surface area (Å²) >= 11 is 0. The van der Waals surface area contributed by atoms with E-state index in [1.54, 1.807) is 0 Å². The number of quaternary nitrogens is 1. The summed E-state index contributed by atoms with van der Waals surface area (Å²) in [4.78, 5) is 1.84. The smallest absolute Gasteiger partial charge is 0.485 e. The lowest BCUT2D eigenvalue weighted by Crippen LogP contribution is -3.13. The van der Waals surface area contributed by atoms with Gasteiger partial charge in [-0.2, -0.15) is 13.2 Å². The van der Waals surface area contributed by atoms with Crippen molar-refractivity contribution in [2.75, 3.05) is 19.6 Å². The fraction of sp³-hybridized carbons (Fsp3) is 1.00. The molecule has 0 aromatic rings. The SMILES string of the molecule is CCC[NH+]1CCC(CC)CC1.O=S(=O)([O-])C(F)(F)F. The van der Waals surface area contributed by atoms with Crippen molar-refractivity contribution in [2.24, 2.45) is 5.92 Å². The molecule has 0 aliphatic carbocycles. The summed E-state index contributed by atoms with van der Waals surface area (Å²) in [6.45, 7) is 8.89. The zero-order chi connectivity index (χ0) is 15.1. The molecule has 1 N–H and O–H groups in total. The maximum absolute atomic E-state index is 10.7. The number of halogens is 3. The van der Waals surface area contributed by atoms with Gasteiger partial charge in [0.1, 0.15) is 0 Å². The van der Waals surface area contributed by atoms with Crippen LogP contribution in [0.25, 0.3) is 0 Å². The molecule has 1 fully saturated rings. The summed E-state index contributed by atoms with van der Waals surface area (Å²) in [5.41, 5.74) is -5.65. The van der Waals surface area contributed by atoms with E-state index in [4.69, 9.17) is 13.0 Å². The van der Waals surface area contributed by atoms with Crippen LogP contribution in [0.3, 0.4) is 0 Å². The quantitative estimate of drug-likeness (QED) is 0.628. The van der Waals surface area contributed by atoms with E-state index >= 15 is 0 Å². The van der Waals surface area contributed by atoms with Crippen LogP contribution in [-0.4, -0.2) is 38.1 Å². The maximum Gasteiger partial charge on any atom is 0.485 e. The van der Waals surface area contributed by atoms with Crippen LogP contribution >= 0.6 is 0 Å². The first-order valence-electron chi connectivity index (χ1n) is 6.47. The molecule has 1 aliphatic heterocycles. The van der Waals surface area contributed by atoms with Gasteiger partial charge in [-0.15, -0.1) is 0 Å². The summed E-state index contributed by atoms with van der Waals surface area (Å²) in [5.74, 6) is 1.05. The van der Waals surface area contributed by atoms with E-state index in [1.807, 2.05) is 4.90 Å². The number of rotatable bonds is 3. The van der Waals surface area contributed by atoms with Crippen LogP contribution in [0.4, 0.5) is 13.2 Å². The zero-order valence-electron chi connectivity index (χ0n) is 11.3. The second kappa shape index (κ2) is 8.06. The molecule has 1 rings (SSSR count). The minimum atomic E-state index is -6.09. The van der Waals surface area contributed by atoms with Crippen LogP contribution in [0.5, 0.6) is 0 Å². The number of hydrogen-bond acceptors (Lipinski definition) is 3. The van der Waals surface area contributed by atoms with Crippen molar-refractivity contribution in [2.45, 2.75) is 45.0 Å². The monoisotopic (exact) mass is 305 g/mol. The van der Waals surface area contributed by atoms with Crippen molar-refractivity contribution in [3.8, 4) is 0 Å². The van der Waals surface area contributed by atoms with Crippen LogP contribution in [-0.2, 0) is 10.1 Å². The predicted molar refractivity (Wildman–Crippen MR) is 64.6 cm³/mol. The Kier molecular flexibility index (Phi) is 7.92. The Bertz CT molecular complexity index is 336. The van der Waals surface area contributed by atoms with E-state index in [1.165, 1.54) is 45.3 Å². The van der Waals surface area contributed by atoms with Gasteiger partial charge in [0.15, 0.2) is 10.1 Å². The molecule has 0 spiro atoms. The molecule has 0 aromatic carbocycles. The molecule has 1 heterocycles. The molecule has 8 heteroatoms. The molecule has 0 amide bonds. The van der Waals surface area contributed by atoms with Crippen LogP contribution in [0, 0.1) is 5.92 Å². The Morgan fingerprint density at radius 2 is 1.63 bits per heavy atom. The Hall–Kier alpha value is -0.340. The summed E-state index contributed by atoms with van der Waals surface area (Å²) in [6, 6.07) is 0. The van der Waals surface area contributed by atoms with Gasteiger partial charge in [-0.1, -0.05) is 20.3 Å². The van der Waals surface area contributed by atoms with Crippen molar-refractivity contribution in [1.82, 2.24) is 0 Å². The minimum Gasteiger partial charge on any atom is -0.741 e. The summed E-state index contributed by atoms with van der Waals surface area (Å²) in [7, 11) is -6.09. The molecule has 116 valence electrons. The number of alkyl halides is 3. The number of likely N-dealkylation sites (tertiary alicyclic amines) is 1. The lowest BCUT2D eigenvalue weighted by atomic mass is 9.94. The van der Waals surface area contributed by atoms with Crippen molar-refractivity contribution in [3.05, 3.63) is 0 Å². The van der Waals surface area contributed by atoms with E-state index in [2.05, 4.69) is 13.8 Å². The van der Waals surface area contributed by atoms with E-state index in [-0.39, 0.29) is 0 Å². The van der Waals surface area contributed by atoms with Crippen molar-refractivity contribution in [1.29, 1.82) is 0 Å². The van der Waals surface area contributed by atoms with Crippen LogP contribution in [0.1, 0.15) is 39.5 Å². The first-order chi connectivity index (χ1) is 8.61. The summed E-state index contributed by atoms with van der Waals surface area (Å²) in [5, 5.41) is 0. The average Bonchev–Trinajstić information content (AvgIpc) is 2.29. The molecular weight excluding hydrogens is 283 g/mol. The third-order valence-corrected chi connectivity index (χ3v) is 3.84. The molecule has 0 unspecified atom stereocenters. The summed E-state index contributed by atoms with van der Waals surface area (Å²) < 4.78 is 58.9. The zero-order valence-corrected chi connectivity index (χ0v) is 12.1. The first-order valence-corrected chi connectivity index (χ1v) is 7.88. The lowest BCUT2D eigenvalue weighted by Gasteiger charge is -2.28. The summed E-state index contributed by atoms with van der Waals surface area (Å²) in [6.07, 6.45) is 5.71. The van der Waals surface area contributed by atoms with Gasteiger partial charge in [0.05, 0.1) is 19.6 Å². The van der Waals surface area contributed by atoms with Gasteiger partial charge in [0, 0.05) is 0 Å². The second-order valence-corrected chi connectivity index (χ2v) is 6.12. The Balaban J connectivity index is 0.000000362. The molecule has 4 nitrogen and oxygen atoms in total. The van der Waals surface area contributed by atoms with Gasteiger partial charge >= 0.3 is 5.51 Å². The van der Waals surface area contributed by atoms with Gasteiger partial charge in [0.25, 0.3) is 0 Å². The van der Waals surface area contributed by atoms with Crippen molar-refractivity contribution in [3.63, 3.8) is 0 Å². The predicted octanol–water partition coefficient (Wildman–Crippen LogP) is 1.15. The molecule has 19 heavy (non-hydrogen) atoms. The Labute approximate surface area is 112 Å². The van der Waals surface area contributed by atoms with Gasteiger partial charge in [0.2, 0.25) is 0 Å². The van der Waals surface area contributed by atoms with Crippen LogP contribution in [0.15, 0.2) is 0 Å². The molecule has 1 aliphatic rings. The third kappa shape index (κ3) is 7.74. The molecule has 1 saturated heterocycles. The first kappa shape index (κ1) is 18.7. The number of piperidine rings is 1. The largest absolute Gasteiger partial charge is 0.741 e. The Morgan fingerprint density at radius 3 is 1.89 bits per heavy atom. The highest BCUT2D eigenvalue weighted by Gasteiger charge is 2.36. The van der Waals surface area contributed by atoms with E-state index in [0.29, 0.717) is 0 Å². The third-order valence-electron chi connectivity index (χ3n) is 3.28. The van der Waals surface area contributed by atoms with E-state index in [0.717, 1.165) is 5.92 Å². The average molecular weight is 305 g/mol. The maximum atomic E-state index is 10.7.